The summed E-state index contributed by atoms with van der Waals surface area (Å²) in [6, 6.07) is 16.0. The standard InChI is InChI=1S/C20H18N2O2/c1-14-4-7-18(8-5-14)22-10-2-3-16-11-15(6-9-19(16)22)12-17(13-21)20(23)24/h4-9,11-12H,2-3,10H2,1H3,(H,23,24)/b17-12+. The molecule has 0 aliphatic carbocycles. The van der Waals surface area contributed by atoms with Crippen LogP contribution in [0, 0.1) is 18.3 Å². The van der Waals surface area contributed by atoms with Gasteiger partial charge < -0.3 is 10.0 Å². The minimum absolute atomic E-state index is 0.249. The number of fused-ring (bicyclic) bond motifs is 1. The van der Waals surface area contributed by atoms with Crippen molar-refractivity contribution in [1.82, 2.24) is 0 Å². The summed E-state index contributed by atoms with van der Waals surface area (Å²) < 4.78 is 0. The third-order valence-electron chi connectivity index (χ3n) is 4.23. The van der Waals surface area contributed by atoms with Crippen LogP contribution in [0.15, 0.2) is 48.0 Å². The quantitative estimate of drug-likeness (QED) is 0.684. The lowest BCUT2D eigenvalue weighted by Gasteiger charge is -2.31. The van der Waals surface area contributed by atoms with Crippen molar-refractivity contribution in [2.75, 3.05) is 11.4 Å². The Morgan fingerprint density at radius 2 is 2.00 bits per heavy atom. The van der Waals surface area contributed by atoms with Crippen molar-refractivity contribution >= 4 is 23.4 Å². The van der Waals surface area contributed by atoms with E-state index in [4.69, 9.17) is 10.4 Å². The summed E-state index contributed by atoms with van der Waals surface area (Å²) in [7, 11) is 0. The molecule has 1 aliphatic rings. The Balaban J connectivity index is 1.97. The monoisotopic (exact) mass is 318 g/mol. The maximum Gasteiger partial charge on any atom is 0.346 e. The summed E-state index contributed by atoms with van der Waals surface area (Å²) in [6.45, 7) is 3.03. The van der Waals surface area contributed by atoms with Crippen molar-refractivity contribution in [3.05, 3.63) is 64.7 Å². The van der Waals surface area contributed by atoms with Crippen LogP contribution in [0.2, 0.25) is 0 Å². The molecule has 24 heavy (non-hydrogen) atoms. The largest absolute Gasteiger partial charge is 0.477 e. The van der Waals surface area contributed by atoms with E-state index in [-0.39, 0.29) is 5.57 Å². The maximum absolute atomic E-state index is 11.0. The molecular formula is C20H18N2O2. The van der Waals surface area contributed by atoms with Crippen molar-refractivity contribution in [2.45, 2.75) is 19.8 Å². The van der Waals surface area contributed by atoms with Crippen LogP contribution in [0.5, 0.6) is 0 Å². The van der Waals surface area contributed by atoms with Gasteiger partial charge in [-0.05, 0) is 61.2 Å². The van der Waals surface area contributed by atoms with Crippen molar-refractivity contribution in [1.29, 1.82) is 5.26 Å². The van der Waals surface area contributed by atoms with Crippen LogP contribution in [-0.4, -0.2) is 17.6 Å². The van der Waals surface area contributed by atoms with Gasteiger partial charge in [-0.3, -0.25) is 0 Å². The molecule has 1 aliphatic heterocycles. The fraction of sp³-hybridized carbons (Fsp3) is 0.200. The van der Waals surface area contributed by atoms with Gasteiger partial charge in [0.25, 0.3) is 0 Å². The lowest BCUT2D eigenvalue weighted by Crippen LogP contribution is -2.24. The molecule has 1 heterocycles. The summed E-state index contributed by atoms with van der Waals surface area (Å²) in [5.74, 6) is -1.20. The van der Waals surface area contributed by atoms with E-state index in [9.17, 15) is 4.79 Å². The summed E-state index contributed by atoms with van der Waals surface area (Å²) in [5, 5.41) is 17.9. The second-order valence-electron chi connectivity index (χ2n) is 5.95. The SMILES string of the molecule is Cc1ccc(N2CCCc3cc(/C=C(\C#N)C(=O)O)ccc32)cc1. The second kappa shape index (κ2) is 6.59. The minimum atomic E-state index is -1.20. The number of carbonyl (C=O) groups is 1. The van der Waals surface area contributed by atoms with E-state index in [0.717, 1.165) is 36.3 Å². The number of aliphatic carboxylic acids is 1. The van der Waals surface area contributed by atoms with Gasteiger partial charge in [0, 0.05) is 17.9 Å². The summed E-state index contributed by atoms with van der Waals surface area (Å²) in [4.78, 5) is 13.3. The van der Waals surface area contributed by atoms with Crippen LogP contribution in [0.1, 0.15) is 23.1 Å². The maximum atomic E-state index is 11.0. The zero-order valence-electron chi connectivity index (χ0n) is 13.5. The van der Waals surface area contributed by atoms with Crippen molar-refractivity contribution in [3.63, 3.8) is 0 Å². The Labute approximate surface area is 141 Å². The van der Waals surface area contributed by atoms with Gasteiger partial charge in [-0.15, -0.1) is 0 Å². The molecule has 2 aromatic carbocycles. The zero-order valence-corrected chi connectivity index (χ0v) is 13.5. The molecule has 0 atom stereocenters. The number of hydrogen-bond acceptors (Lipinski definition) is 3. The highest BCUT2D eigenvalue weighted by molar-refractivity contribution is 5.96. The summed E-state index contributed by atoms with van der Waals surface area (Å²) in [6.07, 6.45) is 3.42. The molecule has 120 valence electrons. The second-order valence-corrected chi connectivity index (χ2v) is 5.95. The van der Waals surface area contributed by atoms with Crippen LogP contribution >= 0.6 is 0 Å². The Hall–Kier alpha value is -3.06. The molecule has 3 rings (SSSR count). The number of nitriles is 1. The number of carboxylic acid groups (broad SMARTS) is 1. The fourth-order valence-corrected chi connectivity index (χ4v) is 3.01. The average Bonchev–Trinajstić information content (AvgIpc) is 2.59. The predicted molar refractivity (Wildman–Crippen MR) is 94.2 cm³/mol. The first-order valence-electron chi connectivity index (χ1n) is 7.91. The molecule has 4 nitrogen and oxygen atoms in total. The van der Waals surface area contributed by atoms with Gasteiger partial charge in [0.2, 0.25) is 0 Å². The predicted octanol–water partition coefficient (Wildman–Crippen LogP) is 4.07. The first-order valence-corrected chi connectivity index (χ1v) is 7.91. The van der Waals surface area contributed by atoms with E-state index in [1.807, 2.05) is 18.2 Å². The molecule has 0 unspecified atom stereocenters. The van der Waals surface area contributed by atoms with Crippen LogP contribution in [0.4, 0.5) is 11.4 Å². The van der Waals surface area contributed by atoms with E-state index >= 15 is 0 Å². The minimum Gasteiger partial charge on any atom is -0.477 e. The molecule has 0 fully saturated rings. The molecule has 2 aromatic rings. The van der Waals surface area contributed by atoms with E-state index in [1.165, 1.54) is 17.2 Å². The molecule has 1 N–H and O–H groups in total. The van der Waals surface area contributed by atoms with Gasteiger partial charge >= 0.3 is 5.97 Å². The van der Waals surface area contributed by atoms with Gasteiger partial charge in [-0.2, -0.15) is 5.26 Å². The number of benzene rings is 2. The van der Waals surface area contributed by atoms with Gasteiger partial charge in [-0.25, -0.2) is 4.79 Å². The van der Waals surface area contributed by atoms with Crippen molar-refractivity contribution < 1.29 is 9.90 Å². The normalized spacial score (nSPS) is 14.0. The van der Waals surface area contributed by atoms with Gasteiger partial charge in [-0.1, -0.05) is 23.8 Å². The fourth-order valence-electron chi connectivity index (χ4n) is 3.01. The Bertz CT molecular complexity index is 845. The van der Waals surface area contributed by atoms with E-state index in [2.05, 4.69) is 36.1 Å². The highest BCUT2D eigenvalue weighted by Crippen LogP contribution is 2.34. The lowest BCUT2D eigenvalue weighted by molar-refractivity contribution is -0.132. The molecule has 0 bridgehead atoms. The Morgan fingerprint density at radius 1 is 1.25 bits per heavy atom. The van der Waals surface area contributed by atoms with Crippen molar-refractivity contribution in [3.8, 4) is 6.07 Å². The van der Waals surface area contributed by atoms with E-state index in [1.54, 1.807) is 6.07 Å². The average molecular weight is 318 g/mol. The van der Waals surface area contributed by atoms with Crippen LogP contribution < -0.4 is 4.90 Å². The number of anilines is 2. The molecule has 0 amide bonds. The van der Waals surface area contributed by atoms with Gasteiger partial charge in [0.05, 0.1) is 0 Å². The van der Waals surface area contributed by atoms with Gasteiger partial charge in [0.1, 0.15) is 11.6 Å². The molecule has 4 heteroatoms. The lowest BCUT2D eigenvalue weighted by atomic mass is 9.97. The molecule has 0 spiro atoms. The zero-order chi connectivity index (χ0) is 17.1. The third-order valence-corrected chi connectivity index (χ3v) is 4.23. The molecule has 0 saturated carbocycles. The number of aryl methyl sites for hydroxylation is 2. The number of nitrogens with zero attached hydrogens (tertiary/aromatic N) is 2. The van der Waals surface area contributed by atoms with E-state index in [0.29, 0.717) is 0 Å². The number of rotatable bonds is 3. The van der Waals surface area contributed by atoms with Crippen LogP contribution in [0.25, 0.3) is 6.08 Å². The Kier molecular flexibility index (Phi) is 4.35. The van der Waals surface area contributed by atoms with Gasteiger partial charge in [0.15, 0.2) is 0 Å². The number of carboxylic acids is 1. The molecule has 0 saturated heterocycles. The first-order chi connectivity index (χ1) is 11.6. The highest BCUT2D eigenvalue weighted by Gasteiger charge is 2.18. The smallest absolute Gasteiger partial charge is 0.346 e. The first kappa shape index (κ1) is 15.8. The number of hydrogen-bond donors (Lipinski definition) is 1. The van der Waals surface area contributed by atoms with E-state index < -0.39 is 5.97 Å². The summed E-state index contributed by atoms with van der Waals surface area (Å²) >= 11 is 0. The van der Waals surface area contributed by atoms with Crippen molar-refractivity contribution in [2.24, 2.45) is 0 Å². The Morgan fingerprint density at radius 3 is 2.67 bits per heavy atom. The molecule has 0 radical (unpaired) electrons. The highest BCUT2D eigenvalue weighted by atomic mass is 16.4. The topological polar surface area (TPSA) is 64.3 Å². The molecule has 0 aromatic heterocycles. The molecular weight excluding hydrogens is 300 g/mol. The van der Waals surface area contributed by atoms with Crippen LogP contribution in [-0.2, 0) is 11.2 Å². The van der Waals surface area contributed by atoms with Crippen LogP contribution in [0.3, 0.4) is 0 Å². The third kappa shape index (κ3) is 3.16. The summed E-state index contributed by atoms with van der Waals surface area (Å²) in [5.41, 5.74) is 5.22.